The van der Waals surface area contributed by atoms with Crippen LogP contribution in [0.1, 0.15) is 24.5 Å². The summed E-state index contributed by atoms with van der Waals surface area (Å²) < 4.78 is 1.18. The summed E-state index contributed by atoms with van der Waals surface area (Å²) in [5.74, 6) is 0. The fourth-order valence-corrected chi connectivity index (χ4v) is 2.82. The van der Waals surface area contributed by atoms with Crippen molar-refractivity contribution in [2.45, 2.75) is 26.4 Å². The third-order valence-electron chi connectivity index (χ3n) is 3.48. The lowest BCUT2D eigenvalue weighted by Crippen LogP contribution is -2.17. The van der Waals surface area contributed by atoms with Gasteiger partial charge in [0.2, 0.25) is 0 Å². The van der Waals surface area contributed by atoms with E-state index in [0.717, 1.165) is 19.6 Å². The molecule has 1 N–H and O–H groups in total. The summed E-state index contributed by atoms with van der Waals surface area (Å²) in [5.41, 5.74) is 3.86. The molecule has 2 aromatic rings. The molecule has 0 saturated heterocycles. The highest BCUT2D eigenvalue weighted by Crippen LogP contribution is 2.22. The number of nitrogens with one attached hydrogen (secondary N) is 1. The molecule has 0 radical (unpaired) electrons. The van der Waals surface area contributed by atoms with Crippen LogP contribution in [0.5, 0.6) is 0 Å². The molecule has 0 spiro atoms. The van der Waals surface area contributed by atoms with Gasteiger partial charge in [0.1, 0.15) is 0 Å². The van der Waals surface area contributed by atoms with E-state index in [0.29, 0.717) is 0 Å². The van der Waals surface area contributed by atoms with Crippen LogP contribution in [-0.4, -0.2) is 13.6 Å². The van der Waals surface area contributed by atoms with Crippen LogP contribution in [0.25, 0.3) is 0 Å². The van der Waals surface area contributed by atoms with Crippen LogP contribution < -0.4 is 10.2 Å². The Balaban J connectivity index is 2.00. The second-order valence-corrected chi connectivity index (χ2v) is 6.15. The Morgan fingerprint density at radius 2 is 1.86 bits per heavy atom. The van der Waals surface area contributed by atoms with Crippen LogP contribution in [0.4, 0.5) is 5.69 Å². The molecule has 0 fully saturated rings. The summed E-state index contributed by atoms with van der Waals surface area (Å²) in [4.78, 5) is 2.26. The summed E-state index contributed by atoms with van der Waals surface area (Å²) in [5, 5.41) is 3.43. The van der Waals surface area contributed by atoms with Crippen molar-refractivity contribution in [3.63, 3.8) is 0 Å². The molecular formula is C18H23BrN2. The van der Waals surface area contributed by atoms with Gasteiger partial charge >= 0.3 is 0 Å². The van der Waals surface area contributed by atoms with Gasteiger partial charge in [-0.05, 0) is 42.3 Å². The van der Waals surface area contributed by atoms with E-state index in [9.17, 15) is 0 Å². The van der Waals surface area contributed by atoms with Crippen molar-refractivity contribution < 1.29 is 0 Å². The third kappa shape index (κ3) is 4.87. The Hall–Kier alpha value is -1.32. The van der Waals surface area contributed by atoms with E-state index >= 15 is 0 Å². The van der Waals surface area contributed by atoms with E-state index in [1.54, 1.807) is 0 Å². The number of benzene rings is 2. The molecule has 0 unspecified atom stereocenters. The molecular weight excluding hydrogens is 324 g/mol. The largest absolute Gasteiger partial charge is 0.370 e. The first-order valence-electron chi connectivity index (χ1n) is 7.45. The molecule has 0 aliphatic carbocycles. The van der Waals surface area contributed by atoms with Gasteiger partial charge < -0.3 is 10.2 Å². The lowest BCUT2D eigenvalue weighted by atomic mass is 10.1. The molecule has 2 rings (SSSR count). The van der Waals surface area contributed by atoms with Gasteiger partial charge in [-0.2, -0.15) is 0 Å². The molecule has 0 amide bonds. The summed E-state index contributed by atoms with van der Waals surface area (Å²) >= 11 is 3.70. The molecule has 0 aliphatic heterocycles. The van der Waals surface area contributed by atoms with E-state index in [2.05, 4.69) is 82.6 Å². The minimum absolute atomic E-state index is 0.896. The monoisotopic (exact) mass is 346 g/mol. The number of halogens is 1. The van der Waals surface area contributed by atoms with Crippen LogP contribution in [0.2, 0.25) is 0 Å². The van der Waals surface area contributed by atoms with E-state index in [1.165, 1.54) is 27.7 Å². The number of hydrogen-bond donors (Lipinski definition) is 1. The molecule has 0 heterocycles. The normalized spacial score (nSPS) is 10.6. The molecule has 0 aromatic heterocycles. The van der Waals surface area contributed by atoms with E-state index < -0.39 is 0 Å². The number of rotatable bonds is 7. The number of nitrogens with zero attached hydrogens (tertiary/aromatic N) is 1. The van der Waals surface area contributed by atoms with Crippen LogP contribution in [0.15, 0.2) is 53.0 Å². The zero-order chi connectivity index (χ0) is 15.1. The van der Waals surface area contributed by atoms with Gasteiger partial charge in [0.05, 0.1) is 0 Å². The minimum atomic E-state index is 0.896. The lowest BCUT2D eigenvalue weighted by molar-refractivity contribution is 0.675. The Morgan fingerprint density at radius 3 is 2.52 bits per heavy atom. The maximum Gasteiger partial charge on any atom is 0.0437 e. The quantitative estimate of drug-likeness (QED) is 0.738. The standard InChI is InChI=1S/C18H23BrN2/c1-3-11-20-13-15-9-10-16(18(19)12-15)14-21(2)17-7-5-4-6-8-17/h4-10,12,20H,3,11,13-14H2,1-2H3. The van der Waals surface area contributed by atoms with Crippen LogP contribution >= 0.6 is 15.9 Å². The third-order valence-corrected chi connectivity index (χ3v) is 4.22. The van der Waals surface area contributed by atoms with Gasteiger partial charge in [-0.15, -0.1) is 0 Å². The van der Waals surface area contributed by atoms with Gasteiger partial charge in [0, 0.05) is 30.3 Å². The Bertz CT molecular complexity index is 554. The Kier molecular flexibility index (Phi) is 6.27. The highest BCUT2D eigenvalue weighted by atomic mass is 79.9. The van der Waals surface area contributed by atoms with Crippen molar-refractivity contribution in [3.8, 4) is 0 Å². The number of para-hydroxylation sites is 1. The van der Waals surface area contributed by atoms with Crippen molar-refractivity contribution >= 4 is 21.6 Å². The van der Waals surface area contributed by atoms with Crippen LogP contribution in [0.3, 0.4) is 0 Å². The molecule has 3 heteroatoms. The summed E-state index contributed by atoms with van der Waals surface area (Å²) in [7, 11) is 2.12. The van der Waals surface area contributed by atoms with E-state index in [-0.39, 0.29) is 0 Å². The second kappa shape index (κ2) is 8.20. The molecule has 0 aliphatic rings. The van der Waals surface area contributed by atoms with Crippen molar-refractivity contribution in [2.24, 2.45) is 0 Å². The predicted molar refractivity (Wildman–Crippen MR) is 94.7 cm³/mol. The summed E-state index contributed by atoms with van der Waals surface area (Å²) in [6.45, 7) is 5.08. The molecule has 2 aromatic carbocycles. The first-order valence-corrected chi connectivity index (χ1v) is 8.24. The van der Waals surface area contributed by atoms with Crippen LogP contribution in [0, 0.1) is 0 Å². The fourth-order valence-electron chi connectivity index (χ4n) is 2.27. The maximum atomic E-state index is 3.70. The highest BCUT2D eigenvalue weighted by Gasteiger charge is 2.06. The second-order valence-electron chi connectivity index (χ2n) is 5.29. The van der Waals surface area contributed by atoms with Gasteiger partial charge in [0.25, 0.3) is 0 Å². The predicted octanol–water partition coefficient (Wildman–Crippen LogP) is 4.59. The minimum Gasteiger partial charge on any atom is -0.370 e. The zero-order valence-corrected chi connectivity index (χ0v) is 14.4. The van der Waals surface area contributed by atoms with E-state index in [1.807, 2.05) is 6.07 Å². The SMILES string of the molecule is CCCNCc1ccc(CN(C)c2ccccc2)c(Br)c1. The molecule has 0 bridgehead atoms. The van der Waals surface area contributed by atoms with Gasteiger partial charge in [-0.25, -0.2) is 0 Å². The smallest absolute Gasteiger partial charge is 0.0437 e. The fraction of sp³-hybridized carbons (Fsp3) is 0.333. The molecule has 0 saturated carbocycles. The van der Waals surface area contributed by atoms with Gasteiger partial charge in [-0.3, -0.25) is 0 Å². The molecule has 21 heavy (non-hydrogen) atoms. The lowest BCUT2D eigenvalue weighted by Gasteiger charge is -2.20. The van der Waals surface area contributed by atoms with Crippen molar-refractivity contribution in [2.75, 3.05) is 18.5 Å². The maximum absolute atomic E-state index is 3.70. The van der Waals surface area contributed by atoms with E-state index in [4.69, 9.17) is 0 Å². The average Bonchev–Trinajstić information content (AvgIpc) is 2.51. The highest BCUT2D eigenvalue weighted by molar-refractivity contribution is 9.10. The molecule has 112 valence electrons. The summed E-state index contributed by atoms with van der Waals surface area (Å²) in [6.07, 6.45) is 1.17. The van der Waals surface area contributed by atoms with Gasteiger partial charge in [0.15, 0.2) is 0 Å². The summed E-state index contributed by atoms with van der Waals surface area (Å²) in [6, 6.07) is 17.1. The van der Waals surface area contributed by atoms with Crippen molar-refractivity contribution in [3.05, 3.63) is 64.1 Å². The van der Waals surface area contributed by atoms with Crippen LogP contribution in [-0.2, 0) is 13.1 Å². The van der Waals surface area contributed by atoms with Crippen molar-refractivity contribution in [1.29, 1.82) is 0 Å². The average molecular weight is 347 g/mol. The van der Waals surface area contributed by atoms with Crippen molar-refractivity contribution in [1.82, 2.24) is 5.32 Å². The number of hydrogen-bond acceptors (Lipinski definition) is 2. The first kappa shape index (κ1) is 16.1. The molecule has 0 atom stereocenters. The Morgan fingerprint density at radius 1 is 1.10 bits per heavy atom. The first-order chi connectivity index (χ1) is 10.2. The van der Waals surface area contributed by atoms with Gasteiger partial charge in [-0.1, -0.05) is 53.2 Å². The topological polar surface area (TPSA) is 15.3 Å². The number of anilines is 1. The molecule has 2 nitrogen and oxygen atoms in total. The zero-order valence-electron chi connectivity index (χ0n) is 12.8. The Labute approximate surface area is 136 Å².